The summed E-state index contributed by atoms with van der Waals surface area (Å²) >= 11 is 5.96. The fourth-order valence-corrected chi connectivity index (χ4v) is 3.20. The number of nitrogens with one attached hydrogen (secondary N) is 2. The lowest BCUT2D eigenvalue weighted by Crippen LogP contribution is -2.33. The Morgan fingerprint density at radius 3 is 2.32 bits per heavy atom. The number of anilines is 1. The summed E-state index contributed by atoms with van der Waals surface area (Å²) < 4.78 is 67.1. The highest BCUT2D eigenvalue weighted by Crippen LogP contribution is 2.24. The van der Waals surface area contributed by atoms with Gasteiger partial charge in [0, 0.05) is 5.69 Å². The zero-order valence-electron chi connectivity index (χ0n) is 14.5. The van der Waals surface area contributed by atoms with Gasteiger partial charge in [-0.3, -0.25) is 4.79 Å². The third-order valence-electron chi connectivity index (χ3n) is 3.40. The molecule has 1 atom stereocenters. The Kier molecular flexibility index (Phi) is 6.91. The maximum absolute atomic E-state index is 12.2. The van der Waals surface area contributed by atoms with Gasteiger partial charge in [0.1, 0.15) is 12.3 Å². The molecule has 2 aromatic rings. The number of ether oxygens (including phenoxy) is 1. The van der Waals surface area contributed by atoms with Crippen LogP contribution in [0.3, 0.4) is 0 Å². The van der Waals surface area contributed by atoms with E-state index in [1.807, 2.05) is 0 Å². The minimum atomic E-state index is -4.67. The molecule has 0 spiro atoms. The number of rotatable bonds is 7. The van der Waals surface area contributed by atoms with Crippen molar-refractivity contribution < 1.29 is 31.1 Å². The Balaban J connectivity index is 1.99. The van der Waals surface area contributed by atoms with E-state index in [0.717, 1.165) is 12.1 Å². The maximum Gasteiger partial charge on any atom is 0.402 e. The van der Waals surface area contributed by atoms with Crippen LogP contribution in [0.15, 0.2) is 53.4 Å². The van der Waals surface area contributed by atoms with Crippen molar-refractivity contribution in [3.63, 3.8) is 0 Å². The topological polar surface area (TPSA) is 84.5 Å². The summed E-state index contributed by atoms with van der Waals surface area (Å²) in [4.78, 5) is 11.8. The van der Waals surface area contributed by atoms with Crippen LogP contribution in [-0.2, 0) is 14.8 Å². The monoisotopic (exact) mass is 436 g/mol. The van der Waals surface area contributed by atoms with Crippen LogP contribution in [-0.4, -0.2) is 33.1 Å². The summed E-state index contributed by atoms with van der Waals surface area (Å²) in [5.74, 6) is -0.199. The number of carbonyl (C=O) groups is 1. The average molecular weight is 437 g/mol. The Labute approximate surface area is 164 Å². The van der Waals surface area contributed by atoms with Gasteiger partial charge in [-0.15, -0.1) is 0 Å². The summed E-state index contributed by atoms with van der Waals surface area (Å²) in [6, 6.07) is 11.3. The molecule has 0 aliphatic carbocycles. The molecule has 0 aromatic heterocycles. The Bertz CT molecular complexity index is 934. The predicted molar refractivity (Wildman–Crippen MR) is 97.9 cm³/mol. The van der Waals surface area contributed by atoms with Crippen LogP contribution in [0, 0.1) is 0 Å². The van der Waals surface area contributed by atoms with Crippen molar-refractivity contribution in [1.29, 1.82) is 0 Å². The minimum Gasteiger partial charge on any atom is -0.479 e. The van der Waals surface area contributed by atoms with Crippen LogP contribution in [0.1, 0.15) is 6.92 Å². The molecular weight excluding hydrogens is 421 g/mol. The van der Waals surface area contributed by atoms with Crippen molar-refractivity contribution in [3.05, 3.63) is 53.6 Å². The summed E-state index contributed by atoms with van der Waals surface area (Å²) in [7, 11) is -4.32. The number of sulfonamides is 1. The first-order valence-corrected chi connectivity index (χ1v) is 9.72. The van der Waals surface area contributed by atoms with E-state index >= 15 is 0 Å². The lowest BCUT2D eigenvalue weighted by Gasteiger charge is -2.16. The van der Waals surface area contributed by atoms with Gasteiger partial charge < -0.3 is 10.1 Å². The largest absolute Gasteiger partial charge is 0.479 e. The second kappa shape index (κ2) is 8.80. The van der Waals surface area contributed by atoms with E-state index in [1.54, 1.807) is 24.3 Å². The third kappa shape index (κ3) is 6.39. The van der Waals surface area contributed by atoms with Gasteiger partial charge in [0.15, 0.2) is 6.10 Å². The summed E-state index contributed by atoms with van der Waals surface area (Å²) in [6.07, 6.45) is -5.57. The van der Waals surface area contributed by atoms with E-state index < -0.39 is 34.8 Å². The molecule has 28 heavy (non-hydrogen) atoms. The van der Waals surface area contributed by atoms with Crippen LogP contribution in [0.4, 0.5) is 18.9 Å². The Hall–Kier alpha value is -2.30. The minimum absolute atomic E-state index is 0.245. The van der Waals surface area contributed by atoms with Crippen LogP contribution in [0.2, 0.25) is 5.02 Å². The second-order valence-corrected chi connectivity index (χ2v) is 7.82. The molecule has 6 nitrogen and oxygen atoms in total. The van der Waals surface area contributed by atoms with E-state index in [-0.39, 0.29) is 10.6 Å². The summed E-state index contributed by atoms with van der Waals surface area (Å²) in [6.45, 7) is -0.177. The molecule has 0 fully saturated rings. The molecule has 0 aliphatic rings. The normalized spacial score (nSPS) is 13.0. The smallest absolute Gasteiger partial charge is 0.402 e. The van der Waals surface area contributed by atoms with Gasteiger partial charge in [0.25, 0.3) is 5.91 Å². The Morgan fingerprint density at radius 2 is 1.75 bits per heavy atom. The van der Waals surface area contributed by atoms with Crippen molar-refractivity contribution in [2.75, 3.05) is 11.9 Å². The van der Waals surface area contributed by atoms with E-state index in [0.29, 0.717) is 10.8 Å². The molecule has 0 saturated carbocycles. The quantitative estimate of drug-likeness (QED) is 0.694. The molecular formula is C17H16ClF3N2O4S. The first kappa shape index (κ1) is 22.0. The molecule has 2 rings (SSSR count). The fraction of sp³-hybridized carbons (Fsp3) is 0.235. The van der Waals surface area contributed by atoms with Crippen molar-refractivity contribution in [2.24, 2.45) is 0 Å². The zero-order chi connectivity index (χ0) is 20.9. The molecule has 2 aromatic carbocycles. The van der Waals surface area contributed by atoms with E-state index in [4.69, 9.17) is 16.3 Å². The predicted octanol–water partition coefficient (Wildman–Crippen LogP) is 3.59. The van der Waals surface area contributed by atoms with Crippen LogP contribution in [0.5, 0.6) is 5.75 Å². The molecule has 2 N–H and O–H groups in total. The SMILES string of the molecule is CC(Oc1ccccc1Cl)C(=O)Nc1ccc(S(=O)(=O)NCC(F)(F)F)cc1. The van der Waals surface area contributed by atoms with Crippen LogP contribution >= 0.6 is 11.6 Å². The standard InChI is InChI=1S/C17H16ClF3N2O4S/c1-11(27-15-5-3-2-4-14(15)18)16(24)23-12-6-8-13(9-7-12)28(25,26)22-10-17(19,20)21/h2-9,11,22H,10H2,1H3,(H,23,24). The first-order chi connectivity index (χ1) is 13.0. The molecule has 152 valence electrons. The number of para-hydroxylation sites is 1. The highest BCUT2D eigenvalue weighted by Gasteiger charge is 2.30. The average Bonchev–Trinajstić information content (AvgIpc) is 2.62. The van der Waals surface area contributed by atoms with Gasteiger partial charge in [-0.2, -0.15) is 13.2 Å². The van der Waals surface area contributed by atoms with Crippen molar-refractivity contribution >= 4 is 33.2 Å². The highest BCUT2D eigenvalue weighted by molar-refractivity contribution is 7.89. The Morgan fingerprint density at radius 1 is 1.14 bits per heavy atom. The number of hydrogen-bond acceptors (Lipinski definition) is 4. The number of alkyl halides is 3. The lowest BCUT2D eigenvalue weighted by atomic mass is 10.3. The summed E-state index contributed by atoms with van der Waals surface area (Å²) in [5, 5.41) is 2.85. The lowest BCUT2D eigenvalue weighted by molar-refractivity contribution is -0.122. The van der Waals surface area contributed by atoms with Gasteiger partial charge in [-0.1, -0.05) is 23.7 Å². The van der Waals surface area contributed by atoms with Gasteiger partial charge in [-0.05, 0) is 43.3 Å². The summed E-state index contributed by atoms with van der Waals surface area (Å²) in [5.41, 5.74) is 0.245. The zero-order valence-corrected chi connectivity index (χ0v) is 16.0. The molecule has 1 amide bonds. The van der Waals surface area contributed by atoms with Gasteiger partial charge >= 0.3 is 6.18 Å². The van der Waals surface area contributed by atoms with Crippen molar-refractivity contribution in [3.8, 4) is 5.75 Å². The van der Waals surface area contributed by atoms with Gasteiger partial charge in [0.05, 0.1) is 9.92 Å². The molecule has 11 heteroatoms. The van der Waals surface area contributed by atoms with Crippen LogP contribution < -0.4 is 14.8 Å². The number of benzene rings is 2. The number of carbonyl (C=O) groups excluding carboxylic acids is 1. The third-order valence-corrected chi connectivity index (χ3v) is 5.13. The molecule has 0 radical (unpaired) electrons. The fourth-order valence-electron chi connectivity index (χ4n) is 2.01. The number of hydrogen-bond donors (Lipinski definition) is 2. The molecule has 0 bridgehead atoms. The molecule has 0 heterocycles. The first-order valence-electron chi connectivity index (χ1n) is 7.86. The van der Waals surface area contributed by atoms with Gasteiger partial charge in [0.2, 0.25) is 10.0 Å². The van der Waals surface area contributed by atoms with Gasteiger partial charge in [-0.25, -0.2) is 13.1 Å². The van der Waals surface area contributed by atoms with E-state index in [9.17, 15) is 26.4 Å². The van der Waals surface area contributed by atoms with Crippen molar-refractivity contribution in [2.45, 2.75) is 24.1 Å². The molecule has 1 unspecified atom stereocenters. The van der Waals surface area contributed by atoms with Crippen molar-refractivity contribution in [1.82, 2.24) is 4.72 Å². The second-order valence-electron chi connectivity index (χ2n) is 5.64. The van der Waals surface area contributed by atoms with E-state index in [2.05, 4.69) is 5.32 Å². The molecule has 0 saturated heterocycles. The highest BCUT2D eigenvalue weighted by atomic mass is 35.5. The number of halogens is 4. The molecule has 0 aliphatic heterocycles. The maximum atomic E-state index is 12.2. The number of amides is 1. The van der Waals surface area contributed by atoms with Crippen LogP contribution in [0.25, 0.3) is 0 Å². The van der Waals surface area contributed by atoms with E-state index in [1.165, 1.54) is 23.8 Å².